The van der Waals surface area contributed by atoms with Crippen molar-refractivity contribution in [3.63, 3.8) is 0 Å². The molecule has 1 aromatic carbocycles. The summed E-state index contributed by atoms with van der Waals surface area (Å²) in [5.74, 6) is -4.93. The first-order valence-corrected chi connectivity index (χ1v) is 18.1. The third kappa shape index (κ3) is 7.38. The number of ether oxygens (including phenoxy) is 4. The molecular formula is C31H39ClN4O13S2. The second-order valence-corrected chi connectivity index (χ2v) is 17.7. The summed E-state index contributed by atoms with van der Waals surface area (Å²) in [6, 6.07) is 4.42. The molecule has 4 saturated heterocycles. The molecule has 51 heavy (non-hydrogen) atoms. The van der Waals surface area contributed by atoms with Gasteiger partial charge in [-0.05, 0) is 39.7 Å². The van der Waals surface area contributed by atoms with Gasteiger partial charge in [0.1, 0.15) is 34.9 Å². The van der Waals surface area contributed by atoms with Gasteiger partial charge in [0.05, 0.1) is 11.2 Å². The lowest BCUT2D eigenvalue weighted by molar-refractivity contribution is -0.176. The van der Waals surface area contributed by atoms with E-state index in [1.807, 2.05) is 0 Å². The van der Waals surface area contributed by atoms with E-state index in [-0.39, 0.29) is 38.1 Å². The van der Waals surface area contributed by atoms with Crippen LogP contribution in [-0.4, -0.2) is 112 Å². The fourth-order valence-electron chi connectivity index (χ4n) is 6.38. The van der Waals surface area contributed by atoms with Gasteiger partial charge in [-0.3, -0.25) is 24.0 Å². The van der Waals surface area contributed by atoms with Crippen molar-refractivity contribution in [1.82, 2.24) is 15.1 Å². The van der Waals surface area contributed by atoms with Crippen molar-refractivity contribution < 1.29 is 60.9 Å². The highest BCUT2D eigenvalue weighted by atomic mass is 35.5. The van der Waals surface area contributed by atoms with Gasteiger partial charge in [0.25, 0.3) is 0 Å². The van der Waals surface area contributed by atoms with Gasteiger partial charge in [-0.15, -0.1) is 24.2 Å². The first-order valence-electron chi connectivity index (χ1n) is 15.7. The quantitative estimate of drug-likeness (QED) is 0.153. The van der Waals surface area contributed by atoms with E-state index in [0.717, 1.165) is 4.90 Å². The van der Waals surface area contributed by atoms with Gasteiger partial charge in [0.15, 0.2) is 9.84 Å². The number of nitrogens with zero attached hydrogens (tertiary/aromatic N) is 2. The average molecular weight is 775 g/mol. The molecule has 0 saturated carbocycles. The van der Waals surface area contributed by atoms with Crippen LogP contribution >= 0.6 is 24.2 Å². The van der Waals surface area contributed by atoms with Crippen LogP contribution in [-0.2, 0) is 62.3 Å². The molecule has 0 aliphatic carbocycles. The molecule has 4 aliphatic rings. The monoisotopic (exact) mass is 774 g/mol. The highest BCUT2D eigenvalue weighted by Gasteiger charge is 2.68. The van der Waals surface area contributed by atoms with Gasteiger partial charge in [-0.25, -0.2) is 18.0 Å². The van der Waals surface area contributed by atoms with Crippen LogP contribution in [0.15, 0.2) is 30.3 Å². The summed E-state index contributed by atoms with van der Waals surface area (Å²) < 4.78 is 42.7. The molecular weight excluding hydrogens is 736 g/mol. The van der Waals surface area contributed by atoms with Crippen LogP contribution in [0, 0.1) is 0 Å². The summed E-state index contributed by atoms with van der Waals surface area (Å²) in [6.45, 7) is 4.59. The van der Waals surface area contributed by atoms with Crippen LogP contribution in [0.1, 0.15) is 65.0 Å². The van der Waals surface area contributed by atoms with E-state index in [1.54, 1.807) is 44.2 Å². The van der Waals surface area contributed by atoms with Crippen molar-refractivity contribution in [3.8, 4) is 0 Å². The molecule has 5 rings (SSSR count). The van der Waals surface area contributed by atoms with E-state index >= 15 is 0 Å². The van der Waals surface area contributed by atoms with Crippen molar-refractivity contribution in [2.75, 3.05) is 13.6 Å². The Labute approximate surface area is 303 Å². The lowest BCUT2D eigenvalue weighted by Gasteiger charge is -2.44. The second kappa shape index (κ2) is 15.0. The van der Waals surface area contributed by atoms with E-state index in [0.29, 0.717) is 5.56 Å². The smallest absolute Gasteiger partial charge is 0.333 e. The maximum absolute atomic E-state index is 13.0. The van der Waals surface area contributed by atoms with Crippen LogP contribution in [0.3, 0.4) is 0 Å². The number of benzene rings is 1. The normalized spacial score (nSPS) is 26.6. The van der Waals surface area contributed by atoms with Crippen molar-refractivity contribution in [2.45, 2.75) is 97.8 Å². The lowest BCUT2D eigenvalue weighted by atomic mass is 9.95. The minimum absolute atomic E-state index is 0. The molecule has 0 aromatic heterocycles. The molecule has 0 bridgehead atoms. The molecule has 1 unspecified atom stereocenters. The fourth-order valence-corrected chi connectivity index (χ4v) is 10.1. The Bertz CT molecular complexity index is 1710. The van der Waals surface area contributed by atoms with Crippen LogP contribution in [0.4, 0.5) is 0 Å². The van der Waals surface area contributed by atoms with Gasteiger partial charge in [0.2, 0.25) is 31.3 Å². The third-order valence-electron chi connectivity index (χ3n) is 9.21. The number of sulfone groups is 1. The number of rotatable bonds is 13. The van der Waals surface area contributed by atoms with Gasteiger partial charge >= 0.3 is 23.9 Å². The Kier molecular flexibility index (Phi) is 11.7. The molecule has 17 nitrogen and oxygen atoms in total. The third-order valence-corrected chi connectivity index (χ3v) is 13.6. The molecule has 0 spiro atoms. The Morgan fingerprint density at radius 2 is 1.45 bits per heavy atom. The summed E-state index contributed by atoms with van der Waals surface area (Å²) in [6.07, 6.45) is -0.734. The molecule has 1 aromatic rings. The van der Waals surface area contributed by atoms with Crippen molar-refractivity contribution >= 4 is 75.6 Å². The zero-order valence-corrected chi connectivity index (χ0v) is 30.5. The minimum atomic E-state index is -3.80. The first-order chi connectivity index (χ1) is 23.4. The number of β-lactam (4-membered cyclic amide) rings is 2. The predicted octanol–water partition coefficient (Wildman–Crippen LogP) is 0.0474. The number of hydrogen-bond acceptors (Lipinski definition) is 15. The summed E-state index contributed by atoms with van der Waals surface area (Å²) in [5.41, 5.74) is 6.63. The molecule has 280 valence electrons. The first kappa shape index (κ1) is 39.8. The van der Waals surface area contributed by atoms with Crippen molar-refractivity contribution in [1.29, 1.82) is 0 Å². The van der Waals surface area contributed by atoms with Crippen LogP contribution < -0.4 is 11.1 Å². The number of nitrogens with one attached hydrogen (secondary N) is 1. The van der Waals surface area contributed by atoms with Crippen LogP contribution in [0.25, 0.3) is 0 Å². The molecule has 4 aliphatic heterocycles. The van der Waals surface area contributed by atoms with Crippen LogP contribution in [0.2, 0.25) is 0 Å². The number of nitrogens with two attached hydrogens (primary N) is 1. The molecule has 6 atom stereocenters. The maximum atomic E-state index is 13.0. The maximum Gasteiger partial charge on any atom is 0.333 e. The fraction of sp³-hybridized carbons (Fsp3) is 0.581. The molecule has 4 fully saturated rings. The highest BCUT2D eigenvalue weighted by Crippen LogP contribution is 2.51. The molecule has 20 heteroatoms. The van der Waals surface area contributed by atoms with E-state index in [2.05, 4.69) is 5.32 Å². The molecule has 4 heterocycles. The van der Waals surface area contributed by atoms with E-state index in [4.69, 9.17) is 24.7 Å². The Morgan fingerprint density at radius 1 is 0.902 bits per heavy atom. The summed E-state index contributed by atoms with van der Waals surface area (Å²) >= 11 is 1.31. The number of amides is 3. The summed E-state index contributed by atoms with van der Waals surface area (Å²) in [7, 11) is -3.80. The average Bonchev–Trinajstić information content (AvgIpc) is 3.38. The standard InChI is InChI=1S/C31H38N4O13S2.ClH/c1-30(2)23(35-26(40)22(27(35)49-30)33-25(39)21(32)16-9-6-5-7-10-16)28(41)47-14-45-19(37)11-8-12-20(38)46-15-48-29(42)24-31(3,4)50(43,44)18-13-17(36)34(18)24;/h5-7,9-10,18,21-24,27H,8,11-15,32H2,1-4H3,(H,33,39);1H/t18-,21?,22-,23+,24+,27-;/m1./s1. The van der Waals surface area contributed by atoms with Crippen molar-refractivity contribution in [2.24, 2.45) is 5.73 Å². The number of esters is 4. The zero-order chi connectivity index (χ0) is 36.8. The zero-order valence-electron chi connectivity index (χ0n) is 28.1. The highest BCUT2D eigenvalue weighted by molar-refractivity contribution is 8.01. The topological polar surface area (TPSA) is 235 Å². The molecule has 3 N–H and O–H groups in total. The second-order valence-electron chi connectivity index (χ2n) is 13.2. The predicted molar refractivity (Wildman–Crippen MR) is 179 cm³/mol. The lowest BCUT2D eigenvalue weighted by Crippen LogP contribution is -2.71. The summed E-state index contributed by atoms with van der Waals surface area (Å²) in [4.78, 5) is 89.8. The summed E-state index contributed by atoms with van der Waals surface area (Å²) in [5, 5.41) is 1.06. The minimum Gasteiger partial charge on any atom is -0.428 e. The Hall–Kier alpha value is -3.94. The number of fused-ring (bicyclic) bond motifs is 2. The van der Waals surface area contributed by atoms with E-state index in [1.165, 1.54) is 30.5 Å². The number of carbonyl (C=O) groups is 7. The number of hydrogen-bond donors (Lipinski definition) is 2. The van der Waals surface area contributed by atoms with Gasteiger partial charge in [-0.2, -0.15) is 0 Å². The SMILES string of the molecule is CC1(C)S[C@@H]2[C@H](NC(=O)C(N)c3ccccc3)C(=O)N2[C@H]1C(=O)OCOC(=O)CCCC(=O)OCOC(=O)[C@@H]1N2C(=O)C[C@H]2S(=O)(=O)C1(C)C.Cl. The van der Waals surface area contributed by atoms with Crippen LogP contribution in [0.5, 0.6) is 0 Å². The van der Waals surface area contributed by atoms with Gasteiger partial charge < -0.3 is 39.8 Å². The Morgan fingerprint density at radius 3 is 2.00 bits per heavy atom. The number of carbonyl (C=O) groups excluding carboxylic acids is 7. The van der Waals surface area contributed by atoms with Gasteiger partial charge in [0, 0.05) is 17.6 Å². The largest absolute Gasteiger partial charge is 0.428 e. The Balaban J connectivity index is 0.00000583. The molecule has 0 radical (unpaired) electrons. The van der Waals surface area contributed by atoms with E-state index < -0.39 is 109 Å². The number of halogens is 1. The van der Waals surface area contributed by atoms with Crippen molar-refractivity contribution in [3.05, 3.63) is 35.9 Å². The molecule has 3 amide bonds. The van der Waals surface area contributed by atoms with Gasteiger partial charge in [-0.1, -0.05) is 30.3 Å². The van der Waals surface area contributed by atoms with E-state index in [9.17, 15) is 42.0 Å². The number of thioether (sulfide) groups is 1.